The number of thioether (sulfide) groups is 1. The quantitative estimate of drug-likeness (QED) is 0.814. The molecule has 80 valence electrons. The number of rotatable bonds is 3. The Hall–Kier alpha value is -0.580. The summed E-state index contributed by atoms with van der Waals surface area (Å²) in [6.45, 7) is 0.984. The van der Waals surface area contributed by atoms with Gasteiger partial charge in [0.15, 0.2) is 0 Å². The molecule has 1 saturated heterocycles. The number of thiocarbonyl (C=S) groups is 1. The van der Waals surface area contributed by atoms with Gasteiger partial charge in [0.05, 0.1) is 12.6 Å². The van der Waals surface area contributed by atoms with Crippen LogP contribution in [-0.2, 0) is 6.54 Å². The van der Waals surface area contributed by atoms with Crippen LogP contribution in [0.25, 0.3) is 0 Å². The molecule has 0 aliphatic carbocycles. The van der Waals surface area contributed by atoms with Gasteiger partial charge in [0.2, 0.25) is 0 Å². The van der Waals surface area contributed by atoms with Crippen LogP contribution in [0.5, 0.6) is 0 Å². The smallest absolute Gasteiger partial charge is 0.137 e. The minimum absolute atomic E-state index is 0.181. The van der Waals surface area contributed by atoms with Crippen molar-refractivity contribution >= 4 is 28.3 Å². The lowest BCUT2D eigenvalue weighted by Crippen LogP contribution is -2.35. The Kier molecular flexibility index (Phi) is 3.61. The molecule has 0 aromatic heterocycles. The highest BCUT2D eigenvalue weighted by Gasteiger charge is 2.27. The highest BCUT2D eigenvalue weighted by atomic mass is 32.2. The van der Waals surface area contributed by atoms with Crippen LogP contribution in [0.1, 0.15) is 5.56 Å². The molecule has 0 unspecified atom stereocenters. The maximum absolute atomic E-state index is 9.22. The van der Waals surface area contributed by atoms with Crippen LogP contribution in [0.15, 0.2) is 30.3 Å². The highest BCUT2D eigenvalue weighted by molar-refractivity contribution is 8.23. The van der Waals surface area contributed by atoms with Gasteiger partial charge in [-0.15, -0.1) is 0 Å². The molecule has 2 nitrogen and oxygen atoms in total. The van der Waals surface area contributed by atoms with E-state index >= 15 is 0 Å². The van der Waals surface area contributed by atoms with E-state index in [0.29, 0.717) is 0 Å². The number of hydrogen-bond acceptors (Lipinski definition) is 3. The second-order valence-electron chi connectivity index (χ2n) is 3.53. The fraction of sp³-hybridized carbons (Fsp3) is 0.364. The van der Waals surface area contributed by atoms with Gasteiger partial charge in [-0.3, -0.25) is 0 Å². The molecule has 1 aromatic carbocycles. The molecule has 1 aliphatic rings. The zero-order valence-corrected chi connectivity index (χ0v) is 9.93. The van der Waals surface area contributed by atoms with Crippen LogP contribution in [0.4, 0.5) is 0 Å². The summed E-state index contributed by atoms with van der Waals surface area (Å²) in [7, 11) is 0. The average molecular weight is 239 g/mol. The summed E-state index contributed by atoms with van der Waals surface area (Å²) >= 11 is 6.92. The number of benzene rings is 1. The van der Waals surface area contributed by atoms with E-state index in [1.165, 1.54) is 5.56 Å². The lowest BCUT2D eigenvalue weighted by atomic mass is 10.2. The van der Waals surface area contributed by atoms with E-state index < -0.39 is 0 Å². The molecule has 0 saturated carbocycles. The highest BCUT2D eigenvalue weighted by Crippen LogP contribution is 2.25. The second-order valence-corrected chi connectivity index (χ2v) is 5.18. The first kappa shape index (κ1) is 10.9. The average Bonchev–Trinajstić information content (AvgIpc) is 2.62. The number of aliphatic hydroxyl groups is 1. The summed E-state index contributed by atoms with van der Waals surface area (Å²) in [5, 5.41) is 9.22. The molecule has 15 heavy (non-hydrogen) atoms. The van der Waals surface area contributed by atoms with Crippen LogP contribution in [-0.4, -0.2) is 32.7 Å². The van der Waals surface area contributed by atoms with Crippen LogP contribution in [0.3, 0.4) is 0 Å². The lowest BCUT2D eigenvalue weighted by molar-refractivity contribution is 0.199. The molecule has 2 rings (SSSR count). The van der Waals surface area contributed by atoms with Gasteiger partial charge in [0, 0.05) is 12.3 Å². The van der Waals surface area contributed by atoms with E-state index in [2.05, 4.69) is 17.0 Å². The zero-order chi connectivity index (χ0) is 10.7. The molecule has 1 heterocycles. The maximum Gasteiger partial charge on any atom is 0.137 e. The molecule has 1 fully saturated rings. The lowest BCUT2D eigenvalue weighted by Gasteiger charge is -2.23. The number of hydrogen-bond donors (Lipinski definition) is 1. The molecule has 1 aliphatic heterocycles. The van der Waals surface area contributed by atoms with E-state index in [9.17, 15) is 5.11 Å². The summed E-state index contributed by atoms with van der Waals surface area (Å²) in [6, 6.07) is 10.4. The molecular weight excluding hydrogens is 226 g/mol. The summed E-state index contributed by atoms with van der Waals surface area (Å²) < 4.78 is 0.901. The van der Waals surface area contributed by atoms with Gasteiger partial charge in [0.25, 0.3) is 0 Å². The minimum Gasteiger partial charge on any atom is -0.394 e. The number of nitrogens with zero attached hydrogens (tertiary/aromatic N) is 1. The number of aliphatic hydroxyl groups excluding tert-OH is 1. The third kappa shape index (κ3) is 2.51. The van der Waals surface area contributed by atoms with Crippen molar-refractivity contribution in [1.82, 2.24) is 4.90 Å². The first-order chi connectivity index (χ1) is 7.31. The standard InChI is InChI=1S/C11H13NOS2/c13-7-10-8-15-11(14)12(10)6-9-4-2-1-3-5-9/h1-5,10,13H,6-8H2/t10-/m1/s1. The topological polar surface area (TPSA) is 23.5 Å². The Morgan fingerprint density at radius 2 is 2.13 bits per heavy atom. The van der Waals surface area contributed by atoms with Crippen molar-refractivity contribution < 1.29 is 5.11 Å². The Bertz CT molecular complexity index is 342. The van der Waals surface area contributed by atoms with E-state index in [0.717, 1.165) is 16.6 Å². The molecule has 0 spiro atoms. The van der Waals surface area contributed by atoms with Gasteiger partial charge >= 0.3 is 0 Å². The van der Waals surface area contributed by atoms with Crippen molar-refractivity contribution in [3.8, 4) is 0 Å². The molecule has 0 amide bonds. The van der Waals surface area contributed by atoms with Gasteiger partial charge in [-0.25, -0.2) is 0 Å². The van der Waals surface area contributed by atoms with Gasteiger partial charge in [-0.2, -0.15) is 0 Å². The third-order valence-corrected chi connectivity index (χ3v) is 4.10. The largest absolute Gasteiger partial charge is 0.394 e. The molecule has 4 heteroatoms. The predicted molar refractivity (Wildman–Crippen MR) is 67.9 cm³/mol. The Morgan fingerprint density at radius 1 is 1.40 bits per heavy atom. The van der Waals surface area contributed by atoms with Gasteiger partial charge < -0.3 is 10.0 Å². The first-order valence-electron chi connectivity index (χ1n) is 4.89. The molecule has 0 bridgehead atoms. The normalized spacial score (nSPS) is 21.0. The molecule has 0 radical (unpaired) electrons. The predicted octanol–water partition coefficient (Wildman–Crippen LogP) is 1.88. The van der Waals surface area contributed by atoms with Gasteiger partial charge in [-0.1, -0.05) is 54.3 Å². The first-order valence-corrected chi connectivity index (χ1v) is 6.29. The van der Waals surface area contributed by atoms with Crippen molar-refractivity contribution in [3.05, 3.63) is 35.9 Å². The Labute approximate surface area is 99.3 Å². The SMILES string of the molecule is OC[C@@H]1CSC(=S)N1Cc1ccccc1. The summed E-state index contributed by atoms with van der Waals surface area (Å²) in [6.07, 6.45) is 0. The van der Waals surface area contributed by atoms with Crippen molar-refractivity contribution in [3.63, 3.8) is 0 Å². The molecule has 1 aromatic rings. The Balaban J connectivity index is 2.07. The fourth-order valence-electron chi connectivity index (χ4n) is 1.61. The van der Waals surface area contributed by atoms with Crippen LogP contribution >= 0.6 is 24.0 Å². The van der Waals surface area contributed by atoms with Crippen molar-refractivity contribution in [2.75, 3.05) is 12.4 Å². The van der Waals surface area contributed by atoms with Crippen LogP contribution < -0.4 is 0 Å². The van der Waals surface area contributed by atoms with E-state index in [1.54, 1.807) is 11.8 Å². The zero-order valence-electron chi connectivity index (χ0n) is 8.30. The van der Waals surface area contributed by atoms with Crippen LogP contribution in [0, 0.1) is 0 Å². The molecular formula is C11H13NOS2. The van der Waals surface area contributed by atoms with Crippen molar-refractivity contribution in [2.24, 2.45) is 0 Å². The molecule has 1 atom stereocenters. The summed E-state index contributed by atoms with van der Waals surface area (Å²) in [5.74, 6) is 0.905. The molecule has 1 N–H and O–H groups in total. The third-order valence-electron chi connectivity index (χ3n) is 2.48. The summed E-state index contributed by atoms with van der Waals surface area (Å²) in [4.78, 5) is 2.11. The van der Waals surface area contributed by atoms with E-state index in [4.69, 9.17) is 12.2 Å². The van der Waals surface area contributed by atoms with Crippen molar-refractivity contribution in [2.45, 2.75) is 12.6 Å². The monoisotopic (exact) mass is 239 g/mol. The van der Waals surface area contributed by atoms with Crippen molar-refractivity contribution in [1.29, 1.82) is 0 Å². The van der Waals surface area contributed by atoms with Crippen LogP contribution in [0.2, 0.25) is 0 Å². The maximum atomic E-state index is 9.22. The Morgan fingerprint density at radius 3 is 2.80 bits per heavy atom. The fourth-order valence-corrected chi connectivity index (χ4v) is 3.03. The van der Waals surface area contributed by atoms with E-state index in [-0.39, 0.29) is 12.6 Å². The second kappa shape index (κ2) is 4.96. The summed E-state index contributed by atoms with van der Waals surface area (Å²) in [5.41, 5.74) is 1.24. The minimum atomic E-state index is 0.181. The van der Waals surface area contributed by atoms with E-state index in [1.807, 2.05) is 18.2 Å². The van der Waals surface area contributed by atoms with Gasteiger partial charge in [-0.05, 0) is 5.56 Å². The van der Waals surface area contributed by atoms with Gasteiger partial charge in [0.1, 0.15) is 4.32 Å².